The van der Waals surface area contributed by atoms with Gasteiger partial charge in [0, 0.05) is 0 Å². The molecule has 0 unspecified atom stereocenters. The van der Waals surface area contributed by atoms with Gasteiger partial charge in [0.25, 0.3) is 0 Å². The van der Waals surface area contributed by atoms with Crippen LogP contribution in [-0.2, 0) is 0 Å². The van der Waals surface area contributed by atoms with E-state index in [0.29, 0.717) is 0 Å². The molecule has 0 nitrogen and oxygen atoms in total. The average molecular weight is 509 g/mol. The molecule has 7 aromatic carbocycles. The Morgan fingerprint density at radius 3 is 1.65 bits per heavy atom. The second-order valence-electron chi connectivity index (χ2n) is 10.3. The Labute approximate surface area is 234 Å². The second kappa shape index (κ2) is 10.2. The summed E-state index contributed by atoms with van der Waals surface area (Å²) in [4.78, 5) is 0. The smallest absolute Gasteiger partial charge is 0.00992 e. The Hall–Kier alpha value is -5.20. The Kier molecular flexibility index (Phi) is 6.07. The van der Waals surface area contributed by atoms with E-state index in [-0.39, 0.29) is 0 Å². The molecule has 0 aliphatic carbocycles. The molecule has 0 aromatic heterocycles. The molecule has 0 aliphatic rings. The van der Waals surface area contributed by atoms with Crippen molar-refractivity contribution in [3.63, 3.8) is 0 Å². The van der Waals surface area contributed by atoms with E-state index in [1.165, 1.54) is 59.8 Å². The predicted octanol–water partition coefficient (Wildman–Crippen LogP) is 11.2. The lowest BCUT2D eigenvalue weighted by atomic mass is 9.96. The molecule has 0 saturated carbocycles. The number of rotatable bonds is 5. The van der Waals surface area contributed by atoms with E-state index in [2.05, 4.69) is 158 Å². The highest BCUT2D eigenvalue weighted by Gasteiger charge is 2.06. The van der Waals surface area contributed by atoms with Crippen molar-refractivity contribution in [3.05, 3.63) is 169 Å². The number of hydrogen-bond acceptors (Lipinski definition) is 0. The molecule has 0 fully saturated rings. The topological polar surface area (TPSA) is 0 Å². The van der Waals surface area contributed by atoms with Crippen LogP contribution in [0, 0.1) is 0 Å². The van der Waals surface area contributed by atoms with E-state index < -0.39 is 0 Å². The van der Waals surface area contributed by atoms with Crippen molar-refractivity contribution in [2.75, 3.05) is 0 Å². The van der Waals surface area contributed by atoms with Gasteiger partial charge in [0.05, 0.1) is 0 Å². The first-order valence-corrected chi connectivity index (χ1v) is 13.7. The molecular weight excluding hydrogens is 480 g/mol. The summed E-state index contributed by atoms with van der Waals surface area (Å²) in [6, 6.07) is 48.3. The first-order chi connectivity index (χ1) is 19.8. The van der Waals surface area contributed by atoms with E-state index in [4.69, 9.17) is 0 Å². The van der Waals surface area contributed by atoms with Crippen molar-refractivity contribution in [1.82, 2.24) is 0 Å². The maximum atomic E-state index is 3.97. The van der Waals surface area contributed by atoms with Crippen molar-refractivity contribution in [3.8, 4) is 11.1 Å². The third-order valence-electron chi connectivity index (χ3n) is 7.82. The summed E-state index contributed by atoms with van der Waals surface area (Å²) in [5, 5.41) is 10.2. The van der Waals surface area contributed by atoms with Gasteiger partial charge in [-0.15, -0.1) is 0 Å². The van der Waals surface area contributed by atoms with Crippen LogP contribution in [-0.4, -0.2) is 0 Å². The van der Waals surface area contributed by atoms with E-state index in [1.54, 1.807) is 0 Å². The molecule has 7 rings (SSSR count). The minimum atomic E-state index is 1.13. The summed E-state index contributed by atoms with van der Waals surface area (Å²) in [7, 11) is 0. The molecule has 0 N–H and O–H groups in total. The van der Waals surface area contributed by atoms with E-state index in [9.17, 15) is 0 Å². The van der Waals surface area contributed by atoms with Gasteiger partial charge in [-0.1, -0.05) is 152 Å². The fraction of sp³-hybridized carbons (Fsp3) is 0. The lowest BCUT2D eigenvalue weighted by molar-refractivity contribution is 1.62. The summed E-state index contributed by atoms with van der Waals surface area (Å²) in [6.07, 6.45) is 8.31. The van der Waals surface area contributed by atoms with Gasteiger partial charge in [-0.25, -0.2) is 0 Å². The lowest BCUT2D eigenvalue weighted by Gasteiger charge is -2.09. The monoisotopic (exact) mass is 508 g/mol. The standard InChI is InChI=1S/C40H28/c1-2-7-29(35-24-22-33-20-18-31-8-3-5-10-37(31)39(33)26-35)15-12-28-13-16-30(17-14-28)36-25-23-34-21-19-32-9-4-6-11-38(32)40(34)27-36/h2-27H,1H2/b15-12-,29-7+. The third-order valence-corrected chi connectivity index (χ3v) is 7.82. The largest absolute Gasteiger partial charge is 0.0990 e. The van der Waals surface area contributed by atoms with Gasteiger partial charge in [0.1, 0.15) is 0 Å². The predicted molar refractivity (Wildman–Crippen MR) is 176 cm³/mol. The van der Waals surface area contributed by atoms with Crippen molar-refractivity contribution >= 4 is 54.7 Å². The third kappa shape index (κ3) is 4.40. The van der Waals surface area contributed by atoms with Crippen LogP contribution in [0.2, 0.25) is 0 Å². The molecular formula is C40H28. The van der Waals surface area contributed by atoms with Gasteiger partial charge in [-0.3, -0.25) is 0 Å². The zero-order valence-corrected chi connectivity index (χ0v) is 22.2. The van der Waals surface area contributed by atoms with Crippen LogP contribution >= 0.6 is 0 Å². The van der Waals surface area contributed by atoms with Crippen LogP contribution < -0.4 is 0 Å². The maximum Gasteiger partial charge on any atom is -0.00992 e. The highest BCUT2D eigenvalue weighted by atomic mass is 14.1. The van der Waals surface area contributed by atoms with Crippen LogP contribution in [0.15, 0.2) is 158 Å². The minimum Gasteiger partial charge on any atom is -0.0990 e. The van der Waals surface area contributed by atoms with Crippen LogP contribution in [0.3, 0.4) is 0 Å². The van der Waals surface area contributed by atoms with Crippen molar-refractivity contribution in [2.45, 2.75) is 0 Å². The minimum absolute atomic E-state index is 1.13. The van der Waals surface area contributed by atoms with Gasteiger partial charge in [0.15, 0.2) is 0 Å². The van der Waals surface area contributed by atoms with Crippen molar-refractivity contribution < 1.29 is 0 Å². The van der Waals surface area contributed by atoms with Crippen LogP contribution in [0.4, 0.5) is 0 Å². The number of fused-ring (bicyclic) bond motifs is 6. The van der Waals surface area contributed by atoms with Gasteiger partial charge >= 0.3 is 0 Å². The van der Waals surface area contributed by atoms with E-state index in [1.807, 2.05) is 6.08 Å². The molecule has 0 saturated heterocycles. The van der Waals surface area contributed by atoms with Gasteiger partial charge in [0.2, 0.25) is 0 Å². The fourth-order valence-electron chi connectivity index (χ4n) is 5.71. The zero-order valence-electron chi connectivity index (χ0n) is 22.2. The molecule has 7 aromatic rings. The molecule has 0 heterocycles. The lowest BCUT2D eigenvalue weighted by Crippen LogP contribution is -1.84. The van der Waals surface area contributed by atoms with Crippen molar-refractivity contribution in [2.24, 2.45) is 0 Å². The van der Waals surface area contributed by atoms with Gasteiger partial charge < -0.3 is 0 Å². The summed E-state index contributed by atoms with van der Waals surface area (Å²) in [6.45, 7) is 3.97. The molecule has 0 heteroatoms. The Morgan fingerprint density at radius 1 is 0.475 bits per heavy atom. The molecule has 0 spiro atoms. The SMILES string of the molecule is C=C/C=C(\C=C/c1ccc(-c2ccc3ccc4ccccc4c3c2)cc1)c1ccc2ccc3ccccc3c2c1. The fourth-order valence-corrected chi connectivity index (χ4v) is 5.71. The number of allylic oxidation sites excluding steroid dienone is 4. The maximum absolute atomic E-state index is 3.97. The number of benzene rings is 7. The van der Waals surface area contributed by atoms with Crippen LogP contribution in [0.1, 0.15) is 11.1 Å². The molecule has 40 heavy (non-hydrogen) atoms. The number of hydrogen-bond donors (Lipinski definition) is 0. The van der Waals surface area contributed by atoms with Gasteiger partial charge in [-0.2, -0.15) is 0 Å². The van der Waals surface area contributed by atoms with E-state index in [0.717, 1.165) is 11.1 Å². The van der Waals surface area contributed by atoms with Gasteiger partial charge in [-0.05, 0) is 83.0 Å². The van der Waals surface area contributed by atoms with Crippen molar-refractivity contribution in [1.29, 1.82) is 0 Å². The quantitative estimate of drug-likeness (QED) is 0.160. The summed E-state index contributed by atoms with van der Waals surface area (Å²) in [5.74, 6) is 0. The Bertz CT molecular complexity index is 2100. The normalized spacial score (nSPS) is 12.2. The molecule has 188 valence electrons. The summed E-state index contributed by atoms with van der Waals surface area (Å²) in [5.41, 5.74) is 5.93. The van der Waals surface area contributed by atoms with Crippen LogP contribution in [0.25, 0.3) is 65.9 Å². The summed E-state index contributed by atoms with van der Waals surface area (Å²) < 4.78 is 0. The first kappa shape index (κ1) is 23.9. The molecule has 0 bridgehead atoms. The second-order valence-corrected chi connectivity index (χ2v) is 10.3. The molecule has 0 aliphatic heterocycles. The van der Waals surface area contributed by atoms with Crippen LogP contribution in [0.5, 0.6) is 0 Å². The first-order valence-electron chi connectivity index (χ1n) is 13.7. The Balaban J connectivity index is 1.20. The average Bonchev–Trinajstić information content (AvgIpc) is 3.02. The molecule has 0 radical (unpaired) electrons. The molecule has 0 atom stereocenters. The summed E-state index contributed by atoms with van der Waals surface area (Å²) >= 11 is 0. The molecule has 0 amide bonds. The van der Waals surface area contributed by atoms with E-state index >= 15 is 0 Å². The zero-order chi connectivity index (χ0) is 26.9. The highest BCUT2D eigenvalue weighted by Crippen LogP contribution is 2.31. The highest BCUT2D eigenvalue weighted by molar-refractivity contribution is 6.09. The Morgan fingerprint density at radius 2 is 1.00 bits per heavy atom.